The number of nitrogens with zero attached hydrogens (tertiary/aromatic N) is 3. The zero-order valence-electron chi connectivity index (χ0n) is 13.2. The van der Waals surface area contributed by atoms with Crippen molar-refractivity contribution in [3.8, 4) is 17.1 Å². The molecule has 0 aliphatic rings. The fourth-order valence-electron chi connectivity index (χ4n) is 2.19. The summed E-state index contributed by atoms with van der Waals surface area (Å²) in [4.78, 5) is 11.6. The van der Waals surface area contributed by atoms with Crippen molar-refractivity contribution in [3.63, 3.8) is 0 Å². The van der Waals surface area contributed by atoms with Crippen molar-refractivity contribution in [2.75, 3.05) is 0 Å². The molecule has 0 radical (unpaired) electrons. The van der Waals surface area contributed by atoms with E-state index in [1.807, 2.05) is 54.8 Å². The smallest absolute Gasteiger partial charge is 0.196 e. The molecule has 118 valence electrons. The molecule has 0 unspecified atom stereocenters. The molecule has 3 rings (SSSR count). The van der Waals surface area contributed by atoms with Crippen LogP contribution in [0.4, 0.5) is 0 Å². The molecule has 0 saturated carbocycles. The van der Waals surface area contributed by atoms with Crippen molar-refractivity contribution < 1.29 is 9.21 Å². The van der Waals surface area contributed by atoms with Crippen molar-refractivity contribution >= 4 is 17.5 Å². The molecule has 0 bridgehead atoms. The number of ketones is 1. The van der Waals surface area contributed by atoms with Crippen molar-refractivity contribution in [1.29, 1.82) is 0 Å². The summed E-state index contributed by atoms with van der Waals surface area (Å²) < 4.78 is 7.36. The molecule has 0 spiro atoms. The number of para-hydroxylation sites is 1. The Morgan fingerprint density at radius 2 is 1.96 bits per heavy atom. The first-order valence-corrected chi connectivity index (χ1v) is 8.18. The van der Waals surface area contributed by atoms with Crippen LogP contribution in [0, 0.1) is 6.92 Å². The van der Waals surface area contributed by atoms with Crippen LogP contribution in [0.25, 0.3) is 17.1 Å². The molecule has 23 heavy (non-hydrogen) atoms. The molecule has 0 N–H and O–H groups in total. The molecular formula is C17H17N3O2S. The quantitative estimate of drug-likeness (QED) is 0.665. The van der Waals surface area contributed by atoms with Crippen LogP contribution in [0.15, 0.2) is 52.2 Å². The van der Waals surface area contributed by atoms with Gasteiger partial charge in [0.1, 0.15) is 11.5 Å². The summed E-state index contributed by atoms with van der Waals surface area (Å²) in [6.07, 6.45) is 1.64. The summed E-state index contributed by atoms with van der Waals surface area (Å²) in [6, 6.07) is 11.7. The highest BCUT2D eigenvalue weighted by atomic mass is 32.2. The average Bonchev–Trinajstić information content (AvgIpc) is 3.14. The van der Waals surface area contributed by atoms with E-state index in [0.29, 0.717) is 11.0 Å². The Bertz CT molecular complexity index is 823. The van der Waals surface area contributed by atoms with Crippen LogP contribution in [-0.2, 0) is 4.79 Å². The second kappa shape index (κ2) is 6.42. The number of hydrogen-bond donors (Lipinski definition) is 0. The third kappa shape index (κ3) is 3.07. The van der Waals surface area contributed by atoms with E-state index >= 15 is 0 Å². The molecule has 5 nitrogen and oxygen atoms in total. The van der Waals surface area contributed by atoms with E-state index < -0.39 is 0 Å². The molecular weight excluding hydrogens is 310 g/mol. The Labute approximate surface area is 138 Å². The molecule has 0 aliphatic carbocycles. The number of aryl methyl sites for hydroxylation is 1. The average molecular weight is 327 g/mol. The van der Waals surface area contributed by atoms with Gasteiger partial charge in [-0.2, -0.15) is 0 Å². The predicted molar refractivity (Wildman–Crippen MR) is 89.8 cm³/mol. The number of carbonyl (C=O) groups is 1. The molecule has 1 aromatic carbocycles. The lowest BCUT2D eigenvalue weighted by Crippen LogP contribution is -2.10. The zero-order chi connectivity index (χ0) is 16.4. The lowest BCUT2D eigenvalue weighted by Gasteiger charge is -2.11. The highest BCUT2D eigenvalue weighted by Gasteiger charge is 2.21. The fraction of sp³-hybridized carbons (Fsp3) is 0.235. The zero-order valence-corrected chi connectivity index (χ0v) is 14.0. The lowest BCUT2D eigenvalue weighted by atomic mass is 10.2. The molecule has 0 aliphatic heterocycles. The van der Waals surface area contributed by atoms with Gasteiger partial charge in [0.25, 0.3) is 0 Å². The van der Waals surface area contributed by atoms with Crippen LogP contribution in [0.5, 0.6) is 0 Å². The Morgan fingerprint density at radius 3 is 2.57 bits per heavy atom. The summed E-state index contributed by atoms with van der Waals surface area (Å²) >= 11 is 1.41. The van der Waals surface area contributed by atoms with Gasteiger partial charge in [-0.25, -0.2) is 0 Å². The number of benzene rings is 1. The van der Waals surface area contributed by atoms with Crippen molar-refractivity contribution in [2.45, 2.75) is 31.2 Å². The minimum atomic E-state index is -0.181. The highest BCUT2D eigenvalue weighted by Crippen LogP contribution is 2.31. The minimum Gasteiger partial charge on any atom is -0.469 e. The standard InChI is InChI=1S/C17H17N3O2S/c1-11(21)13(3)23-17-19-18-16(15-9-10-22-12(15)2)20(17)14-7-5-4-6-8-14/h4-10,13H,1-3H3/t13-/m1/s1. The molecule has 2 aromatic heterocycles. The normalized spacial score (nSPS) is 12.3. The van der Waals surface area contributed by atoms with Gasteiger partial charge in [0.15, 0.2) is 11.0 Å². The van der Waals surface area contributed by atoms with Crippen molar-refractivity contribution in [3.05, 3.63) is 48.4 Å². The van der Waals surface area contributed by atoms with E-state index in [-0.39, 0.29) is 11.0 Å². The number of hydrogen-bond acceptors (Lipinski definition) is 5. The van der Waals surface area contributed by atoms with Gasteiger partial charge < -0.3 is 4.42 Å². The fourth-order valence-corrected chi connectivity index (χ4v) is 3.06. The van der Waals surface area contributed by atoms with Crippen LogP contribution in [0.3, 0.4) is 0 Å². The van der Waals surface area contributed by atoms with Crippen LogP contribution in [-0.4, -0.2) is 25.8 Å². The number of thioether (sulfide) groups is 1. The number of aromatic nitrogens is 3. The van der Waals surface area contributed by atoms with E-state index in [0.717, 1.165) is 17.0 Å². The van der Waals surface area contributed by atoms with Gasteiger partial charge in [-0.1, -0.05) is 30.0 Å². The molecule has 2 heterocycles. The third-order valence-electron chi connectivity index (χ3n) is 3.60. The second-order valence-electron chi connectivity index (χ2n) is 5.24. The first-order valence-electron chi connectivity index (χ1n) is 7.30. The van der Waals surface area contributed by atoms with E-state index in [9.17, 15) is 4.79 Å². The lowest BCUT2D eigenvalue weighted by molar-refractivity contribution is -0.116. The molecule has 0 amide bonds. The van der Waals surface area contributed by atoms with Crippen LogP contribution < -0.4 is 0 Å². The molecule has 6 heteroatoms. The van der Waals surface area contributed by atoms with Gasteiger partial charge in [0.2, 0.25) is 0 Å². The second-order valence-corrected chi connectivity index (χ2v) is 6.55. The molecule has 1 atom stereocenters. The number of Topliss-reactive ketones (excluding diaryl/α,β-unsaturated/α-hetero) is 1. The van der Waals surface area contributed by atoms with Gasteiger partial charge in [0.05, 0.1) is 17.1 Å². The largest absolute Gasteiger partial charge is 0.469 e. The van der Waals surface area contributed by atoms with E-state index in [4.69, 9.17) is 4.42 Å². The van der Waals surface area contributed by atoms with Crippen molar-refractivity contribution in [1.82, 2.24) is 14.8 Å². The minimum absolute atomic E-state index is 0.110. The summed E-state index contributed by atoms with van der Waals surface area (Å²) in [7, 11) is 0. The van der Waals surface area contributed by atoms with E-state index in [1.54, 1.807) is 13.2 Å². The number of carbonyl (C=O) groups excluding carboxylic acids is 1. The number of furan rings is 1. The maximum absolute atomic E-state index is 11.6. The van der Waals surface area contributed by atoms with Crippen molar-refractivity contribution in [2.24, 2.45) is 0 Å². The summed E-state index contributed by atoms with van der Waals surface area (Å²) in [5.74, 6) is 1.60. The van der Waals surface area contributed by atoms with Crippen LogP contribution in [0.1, 0.15) is 19.6 Å². The Balaban J connectivity index is 2.13. The van der Waals surface area contributed by atoms with Crippen LogP contribution in [0.2, 0.25) is 0 Å². The Hall–Kier alpha value is -2.34. The Morgan fingerprint density at radius 1 is 1.22 bits per heavy atom. The summed E-state index contributed by atoms with van der Waals surface area (Å²) in [6.45, 7) is 5.35. The Kier molecular flexibility index (Phi) is 4.34. The van der Waals surface area contributed by atoms with E-state index in [2.05, 4.69) is 10.2 Å². The van der Waals surface area contributed by atoms with Gasteiger partial charge >= 0.3 is 0 Å². The van der Waals surface area contributed by atoms with Gasteiger partial charge in [0, 0.05) is 5.69 Å². The van der Waals surface area contributed by atoms with Gasteiger partial charge in [-0.05, 0) is 39.0 Å². The summed E-state index contributed by atoms with van der Waals surface area (Å²) in [5, 5.41) is 9.13. The maximum atomic E-state index is 11.6. The highest BCUT2D eigenvalue weighted by molar-refractivity contribution is 8.00. The topological polar surface area (TPSA) is 60.9 Å². The summed E-state index contributed by atoms with van der Waals surface area (Å²) in [5.41, 5.74) is 1.84. The van der Waals surface area contributed by atoms with Crippen LogP contribution >= 0.6 is 11.8 Å². The van der Waals surface area contributed by atoms with Gasteiger partial charge in [-0.15, -0.1) is 10.2 Å². The first kappa shape index (κ1) is 15.6. The monoisotopic (exact) mass is 327 g/mol. The first-order chi connectivity index (χ1) is 11.1. The van der Waals surface area contributed by atoms with Gasteiger partial charge in [-0.3, -0.25) is 9.36 Å². The SMILES string of the molecule is CC(=O)[C@@H](C)Sc1nnc(-c2ccoc2C)n1-c1ccccc1. The third-order valence-corrected chi connectivity index (χ3v) is 4.76. The van der Waals surface area contributed by atoms with E-state index in [1.165, 1.54) is 11.8 Å². The number of rotatable bonds is 5. The molecule has 0 fully saturated rings. The maximum Gasteiger partial charge on any atom is 0.196 e. The molecule has 3 aromatic rings. The molecule has 0 saturated heterocycles. The predicted octanol–water partition coefficient (Wildman–Crippen LogP) is 3.91.